The Kier molecular flexibility index (Phi) is 1.91. The Morgan fingerprint density at radius 3 is 2.58 bits per heavy atom. The first-order chi connectivity index (χ1) is 5.42. The number of nitrogens with zero attached hydrogens (tertiary/aromatic N) is 1. The number of halogens is 3. The molecule has 0 spiro atoms. The van der Waals surface area contributed by atoms with Crippen molar-refractivity contribution in [2.75, 3.05) is 0 Å². The zero-order valence-corrected chi connectivity index (χ0v) is 5.76. The van der Waals surface area contributed by atoms with Crippen LogP contribution in [0.5, 0.6) is 0 Å². The Hall–Kier alpha value is -1.33. The molecule has 0 aromatic carbocycles. The van der Waals surface area contributed by atoms with E-state index in [1.54, 1.807) is 0 Å². The van der Waals surface area contributed by atoms with Crippen LogP contribution in [0.15, 0.2) is 23.7 Å². The van der Waals surface area contributed by atoms with Crippen LogP contribution in [-0.4, -0.2) is 10.8 Å². The molecule has 66 valence electrons. The SMILES string of the molecule is O=[N+]([O-])C1=CCC(F)(F)C=C1F. The summed E-state index contributed by atoms with van der Waals surface area (Å²) in [5.74, 6) is -4.78. The fourth-order valence-electron chi connectivity index (χ4n) is 0.810. The third kappa shape index (κ3) is 1.63. The second-order valence-electron chi connectivity index (χ2n) is 2.30. The van der Waals surface area contributed by atoms with E-state index in [1.165, 1.54) is 0 Å². The fourth-order valence-corrected chi connectivity index (χ4v) is 0.810. The van der Waals surface area contributed by atoms with E-state index in [2.05, 4.69) is 0 Å². The third-order valence-electron chi connectivity index (χ3n) is 1.35. The molecule has 0 amide bonds. The zero-order chi connectivity index (χ0) is 9.35. The number of alkyl halides is 2. The first-order valence-electron chi connectivity index (χ1n) is 3.03. The van der Waals surface area contributed by atoms with Gasteiger partial charge in [0.15, 0.2) is 0 Å². The lowest BCUT2D eigenvalue weighted by Crippen LogP contribution is -2.17. The Labute approximate surface area is 65.3 Å². The maximum Gasteiger partial charge on any atom is 0.300 e. The average molecular weight is 179 g/mol. The summed E-state index contributed by atoms with van der Waals surface area (Å²) in [5.41, 5.74) is -0.888. The summed E-state index contributed by atoms with van der Waals surface area (Å²) in [7, 11) is 0. The molecule has 0 aliphatic heterocycles. The van der Waals surface area contributed by atoms with Gasteiger partial charge in [-0.05, 0) is 0 Å². The van der Waals surface area contributed by atoms with Crippen LogP contribution in [0, 0.1) is 10.1 Å². The molecule has 12 heavy (non-hydrogen) atoms. The first-order valence-corrected chi connectivity index (χ1v) is 3.03. The minimum Gasteiger partial charge on any atom is -0.258 e. The molecule has 0 aromatic rings. The van der Waals surface area contributed by atoms with Crippen LogP contribution in [0.1, 0.15) is 6.42 Å². The highest BCUT2D eigenvalue weighted by Gasteiger charge is 2.34. The zero-order valence-electron chi connectivity index (χ0n) is 5.76. The summed E-state index contributed by atoms with van der Waals surface area (Å²) in [5, 5.41) is 9.99. The molecule has 0 N–H and O–H groups in total. The van der Waals surface area contributed by atoms with Gasteiger partial charge in [0.05, 0.1) is 4.92 Å². The van der Waals surface area contributed by atoms with Gasteiger partial charge in [-0.2, -0.15) is 4.39 Å². The summed E-state index contributed by atoms with van der Waals surface area (Å²) in [4.78, 5) is 8.96. The predicted octanol–water partition coefficient (Wildman–Crippen LogP) is 2.04. The van der Waals surface area contributed by atoms with Gasteiger partial charge in [0.1, 0.15) is 0 Å². The summed E-state index contributed by atoms with van der Waals surface area (Å²) >= 11 is 0. The van der Waals surface area contributed by atoms with Gasteiger partial charge >= 0.3 is 5.70 Å². The molecule has 0 heterocycles. The molecule has 0 unspecified atom stereocenters. The van der Waals surface area contributed by atoms with E-state index in [4.69, 9.17) is 0 Å². The minimum absolute atomic E-state index is 0.0366. The summed E-state index contributed by atoms with van der Waals surface area (Å²) in [6.07, 6.45) is -0.281. The number of hydrogen-bond donors (Lipinski definition) is 0. The second-order valence-corrected chi connectivity index (χ2v) is 2.30. The van der Waals surface area contributed by atoms with Gasteiger partial charge in [-0.25, -0.2) is 8.78 Å². The highest BCUT2D eigenvalue weighted by Crippen LogP contribution is 2.31. The van der Waals surface area contributed by atoms with Crippen molar-refractivity contribution in [1.82, 2.24) is 0 Å². The molecule has 0 saturated heterocycles. The van der Waals surface area contributed by atoms with Crippen LogP contribution in [-0.2, 0) is 0 Å². The van der Waals surface area contributed by atoms with Gasteiger partial charge in [-0.15, -0.1) is 0 Å². The Bertz CT molecular complexity index is 283. The topological polar surface area (TPSA) is 43.1 Å². The maximum absolute atomic E-state index is 12.5. The molecule has 1 rings (SSSR count). The molecular formula is C6H4F3NO2. The molecule has 3 nitrogen and oxygen atoms in total. The van der Waals surface area contributed by atoms with Crippen LogP contribution in [0.2, 0.25) is 0 Å². The van der Waals surface area contributed by atoms with Crippen molar-refractivity contribution in [2.45, 2.75) is 12.3 Å². The molecule has 0 saturated carbocycles. The molecule has 0 radical (unpaired) electrons. The smallest absolute Gasteiger partial charge is 0.258 e. The molecule has 0 atom stereocenters. The van der Waals surface area contributed by atoms with Crippen molar-refractivity contribution >= 4 is 0 Å². The Balaban J connectivity index is 2.94. The molecule has 0 bridgehead atoms. The van der Waals surface area contributed by atoms with E-state index >= 15 is 0 Å². The van der Waals surface area contributed by atoms with Crippen LogP contribution in [0.4, 0.5) is 13.2 Å². The van der Waals surface area contributed by atoms with Crippen LogP contribution >= 0.6 is 0 Å². The molecule has 0 fully saturated rings. The van der Waals surface area contributed by atoms with Gasteiger partial charge in [0.25, 0.3) is 5.92 Å². The van der Waals surface area contributed by atoms with E-state index in [9.17, 15) is 23.3 Å². The number of rotatable bonds is 1. The Morgan fingerprint density at radius 2 is 2.17 bits per heavy atom. The van der Waals surface area contributed by atoms with E-state index in [-0.39, 0.29) is 6.08 Å². The van der Waals surface area contributed by atoms with Gasteiger partial charge in [0.2, 0.25) is 5.83 Å². The Morgan fingerprint density at radius 1 is 1.58 bits per heavy atom. The lowest BCUT2D eigenvalue weighted by Gasteiger charge is -2.12. The number of nitro groups is 1. The molecule has 0 aromatic heterocycles. The van der Waals surface area contributed by atoms with Crippen molar-refractivity contribution in [1.29, 1.82) is 0 Å². The molecular weight excluding hydrogens is 175 g/mol. The van der Waals surface area contributed by atoms with Crippen molar-refractivity contribution in [2.24, 2.45) is 0 Å². The van der Waals surface area contributed by atoms with Crippen molar-refractivity contribution in [3.05, 3.63) is 33.8 Å². The first kappa shape index (κ1) is 8.76. The van der Waals surface area contributed by atoms with Gasteiger partial charge in [-0.1, -0.05) is 0 Å². The normalized spacial score (nSPS) is 21.2. The quantitative estimate of drug-likeness (QED) is 0.456. The lowest BCUT2D eigenvalue weighted by molar-refractivity contribution is -0.423. The molecule has 1 aliphatic rings. The largest absolute Gasteiger partial charge is 0.300 e. The summed E-state index contributed by atoms with van der Waals surface area (Å²) in [6.45, 7) is 0. The summed E-state index contributed by atoms with van der Waals surface area (Å²) in [6, 6.07) is 0. The van der Waals surface area contributed by atoms with Crippen molar-refractivity contribution < 1.29 is 18.1 Å². The minimum atomic E-state index is -3.30. The standard InChI is InChI=1S/C6H4F3NO2/c7-4-3-6(8,9)2-1-5(4)10(11)12/h1,3H,2H2. The number of hydrogen-bond acceptors (Lipinski definition) is 2. The fraction of sp³-hybridized carbons (Fsp3) is 0.333. The third-order valence-corrected chi connectivity index (χ3v) is 1.35. The average Bonchev–Trinajstić information content (AvgIpc) is 1.83. The molecule has 1 aliphatic carbocycles. The van der Waals surface area contributed by atoms with Gasteiger partial charge < -0.3 is 0 Å². The highest BCUT2D eigenvalue weighted by molar-refractivity contribution is 5.26. The van der Waals surface area contributed by atoms with E-state index < -0.39 is 28.8 Å². The van der Waals surface area contributed by atoms with Gasteiger partial charge in [0, 0.05) is 18.6 Å². The second kappa shape index (κ2) is 2.62. The van der Waals surface area contributed by atoms with Crippen LogP contribution < -0.4 is 0 Å². The van der Waals surface area contributed by atoms with Crippen LogP contribution in [0.3, 0.4) is 0 Å². The van der Waals surface area contributed by atoms with Crippen molar-refractivity contribution in [3.8, 4) is 0 Å². The van der Waals surface area contributed by atoms with E-state index in [0.717, 1.165) is 0 Å². The van der Waals surface area contributed by atoms with Gasteiger partial charge in [-0.3, -0.25) is 10.1 Å². The van der Waals surface area contributed by atoms with Crippen molar-refractivity contribution in [3.63, 3.8) is 0 Å². The molecule has 6 heteroatoms. The van der Waals surface area contributed by atoms with E-state index in [1.807, 2.05) is 0 Å². The highest BCUT2D eigenvalue weighted by atomic mass is 19.3. The van der Waals surface area contributed by atoms with Crippen LogP contribution in [0.25, 0.3) is 0 Å². The predicted molar refractivity (Wildman–Crippen MR) is 33.8 cm³/mol. The lowest BCUT2D eigenvalue weighted by atomic mass is 10.1. The maximum atomic E-state index is 12.5. The van der Waals surface area contributed by atoms with E-state index in [0.29, 0.717) is 6.08 Å². The number of allylic oxidation sites excluding steroid dienone is 3. The monoisotopic (exact) mass is 179 g/mol. The summed E-state index contributed by atoms with van der Waals surface area (Å²) < 4.78 is 37.1.